The lowest BCUT2D eigenvalue weighted by Crippen LogP contribution is -2.20. The van der Waals surface area contributed by atoms with Gasteiger partial charge in [-0.05, 0) is 30.2 Å². The van der Waals surface area contributed by atoms with E-state index in [4.69, 9.17) is 0 Å². The molecule has 3 aromatic rings. The summed E-state index contributed by atoms with van der Waals surface area (Å²) in [4.78, 5) is 27.1. The largest absolute Gasteiger partial charge is 0.504 e. The van der Waals surface area contributed by atoms with Gasteiger partial charge in [0, 0.05) is 23.5 Å². The van der Waals surface area contributed by atoms with Crippen LogP contribution in [0.4, 0.5) is 0 Å². The third kappa shape index (κ3) is 3.33. The van der Waals surface area contributed by atoms with Gasteiger partial charge in [0.05, 0.1) is 11.5 Å². The Bertz CT molecular complexity index is 944. The van der Waals surface area contributed by atoms with Crippen molar-refractivity contribution in [3.63, 3.8) is 0 Å². The van der Waals surface area contributed by atoms with Crippen molar-refractivity contribution >= 4 is 22.7 Å². The van der Waals surface area contributed by atoms with Crippen molar-refractivity contribution in [2.45, 2.75) is 12.8 Å². The first-order chi connectivity index (χ1) is 12.0. The van der Waals surface area contributed by atoms with Crippen LogP contribution < -0.4 is 0 Å². The highest BCUT2D eigenvalue weighted by atomic mass is 16.4. The summed E-state index contributed by atoms with van der Waals surface area (Å²) in [6, 6.07) is 11.6. The van der Waals surface area contributed by atoms with E-state index in [1.807, 2.05) is 24.3 Å². The van der Waals surface area contributed by atoms with Crippen molar-refractivity contribution in [1.29, 1.82) is 0 Å². The first kappa shape index (κ1) is 16.6. The molecule has 0 radical (unpaired) electrons. The van der Waals surface area contributed by atoms with Gasteiger partial charge in [0.1, 0.15) is 0 Å². The van der Waals surface area contributed by atoms with E-state index in [1.54, 1.807) is 6.20 Å². The molecule has 0 saturated heterocycles. The van der Waals surface area contributed by atoms with Crippen LogP contribution in [0.2, 0.25) is 0 Å². The summed E-state index contributed by atoms with van der Waals surface area (Å²) in [6.45, 7) is 0. The molecule has 0 aliphatic heterocycles. The van der Waals surface area contributed by atoms with Crippen molar-refractivity contribution in [3.05, 3.63) is 59.8 Å². The molecular weight excluding hydrogens is 322 g/mol. The summed E-state index contributed by atoms with van der Waals surface area (Å²) in [5.74, 6) is -3.48. The minimum atomic E-state index is -1.08. The number of nitrogens with one attached hydrogen (secondary N) is 1. The molecule has 0 spiro atoms. The number of hydrogen-bond donors (Lipinski definition) is 4. The van der Waals surface area contributed by atoms with Gasteiger partial charge in [-0.2, -0.15) is 0 Å². The number of Topliss-reactive ketones (excluding diaryl/α,β-unsaturated/α-hetero) is 1. The van der Waals surface area contributed by atoms with Crippen LogP contribution in [-0.4, -0.2) is 32.1 Å². The van der Waals surface area contributed by atoms with Crippen molar-refractivity contribution in [1.82, 2.24) is 4.98 Å². The average Bonchev–Trinajstić information content (AvgIpc) is 2.99. The molecule has 0 aliphatic rings. The molecule has 25 heavy (non-hydrogen) atoms. The molecule has 0 saturated carbocycles. The number of carboxylic acid groups (broad SMARTS) is 1. The monoisotopic (exact) mass is 339 g/mol. The predicted octanol–water partition coefficient (Wildman–Crippen LogP) is 3.10. The Morgan fingerprint density at radius 2 is 1.80 bits per heavy atom. The first-order valence-electron chi connectivity index (χ1n) is 7.79. The molecule has 1 aromatic heterocycles. The molecule has 0 bridgehead atoms. The number of aromatic hydroxyl groups is 2. The molecule has 1 heterocycles. The summed E-state index contributed by atoms with van der Waals surface area (Å²) >= 11 is 0. The van der Waals surface area contributed by atoms with Crippen LogP contribution in [0.5, 0.6) is 11.5 Å². The number of carbonyl (C=O) groups excluding carboxylic acids is 1. The van der Waals surface area contributed by atoms with Gasteiger partial charge in [-0.25, -0.2) is 0 Å². The highest BCUT2D eigenvalue weighted by Crippen LogP contribution is 2.30. The molecule has 4 N–H and O–H groups in total. The fourth-order valence-corrected chi connectivity index (χ4v) is 2.90. The lowest BCUT2D eigenvalue weighted by Gasteiger charge is -2.12. The van der Waals surface area contributed by atoms with E-state index in [2.05, 4.69) is 4.98 Å². The van der Waals surface area contributed by atoms with E-state index < -0.39 is 29.2 Å². The van der Waals surface area contributed by atoms with E-state index in [9.17, 15) is 24.9 Å². The Morgan fingerprint density at radius 1 is 1.04 bits per heavy atom. The minimum Gasteiger partial charge on any atom is -0.504 e. The zero-order valence-corrected chi connectivity index (χ0v) is 13.3. The van der Waals surface area contributed by atoms with Crippen LogP contribution in [0, 0.1) is 5.92 Å². The smallest absolute Gasteiger partial charge is 0.307 e. The van der Waals surface area contributed by atoms with Crippen LogP contribution in [0.15, 0.2) is 48.7 Å². The number of benzene rings is 2. The fourth-order valence-electron chi connectivity index (χ4n) is 2.90. The van der Waals surface area contributed by atoms with Gasteiger partial charge in [0.15, 0.2) is 17.3 Å². The molecule has 6 nitrogen and oxygen atoms in total. The highest BCUT2D eigenvalue weighted by Gasteiger charge is 2.25. The molecule has 3 rings (SSSR count). The van der Waals surface area contributed by atoms with Crippen molar-refractivity contribution < 1.29 is 24.9 Å². The SMILES string of the molecule is O=C(CC(Cc1c[nH]c2ccccc12)C(=O)O)c1cccc(O)c1O. The van der Waals surface area contributed by atoms with E-state index in [1.165, 1.54) is 18.2 Å². The number of aliphatic carboxylic acids is 1. The molecule has 0 amide bonds. The Balaban J connectivity index is 1.83. The number of hydrogen-bond acceptors (Lipinski definition) is 4. The summed E-state index contributed by atoms with van der Waals surface area (Å²) in [5.41, 5.74) is 1.64. The van der Waals surface area contributed by atoms with Gasteiger partial charge in [0.25, 0.3) is 0 Å². The number of carbonyl (C=O) groups is 2. The number of rotatable bonds is 6. The zero-order chi connectivity index (χ0) is 18.0. The number of H-pyrrole nitrogens is 1. The predicted molar refractivity (Wildman–Crippen MR) is 91.8 cm³/mol. The third-order valence-electron chi connectivity index (χ3n) is 4.24. The maximum atomic E-state index is 12.4. The van der Waals surface area contributed by atoms with Crippen molar-refractivity contribution in [2.24, 2.45) is 5.92 Å². The highest BCUT2D eigenvalue weighted by molar-refractivity contribution is 6.01. The van der Waals surface area contributed by atoms with Gasteiger partial charge < -0.3 is 20.3 Å². The van der Waals surface area contributed by atoms with Gasteiger partial charge in [0.2, 0.25) is 0 Å². The standard InChI is InChI=1S/C19H17NO5/c21-16-7-3-5-14(18(16)23)17(22)9-11(19(24)25)8-12-10-20-15-6-2-1-4-13(12)15/h1-7,10-11,20-21,23H,8-9H2,(H,24,25). The Hall–Kier alpha value is -3.28. The molecule has 1 unspecified atom stereocenters. The number of para-hydroxylation sites is 2. The summed E-state index contributed by atoms with van der Waals surface area (Å²) < 4.78 is 0. The van der Waals surface area contributed by atoms with Crippen molar-refractivity contribution in [2.75, 3.05) is 0 Å². The second-order valence-corrected chi connectivity index (χ2v) is 5.90. The number of phenolic OH excluding ortho intramolecular Hbond substituents is 2. The number of aromatic nitrogens is 1. The second-order valence-electron chi connectivity index (χ2n) is 5.90. The van der Waals surface area contributed by atoms with Gasteiger partial charge in [-0.1, -0.05) is 24.3 Å². The van der Waals surface area contributed by atoms with Gasteiger partial charge in [-0.3, -0.25) is 9.59 Å². The number of aromatic amines is 1. The summed E-state index contributed by atoms with van der Waals surface area (Å²) in [5, 5.41) is 29.7. The number of phenols is 2. The topological polar surface area (TPSA) is 111 Å². The van der Waals surface area contributed by atoms with Gasteiger partial charge in [-0.15, -0.1) is 0 Å². The van der Waals surface area contributed by atoms with Crippen molar-refractivity contribution in [3.8, 4) is 11.5 Å². The summed E-state index contributed by atoms with van der Waals surface area (Å²) in [6.07, 6.45) is 1.66. The minimum absolute atomic E-state index is 0.0785. The van der Waals surface area contributed by atoms with Gasteiger partial charge >= 0.3 is 5.97 Å². The fraction of sp³-hybridized carbons (Fsp3) is 0.158. The Kier molecular flexibility index (Phi) is 4.43. The quantitative estimate of drug-likeness (QED) is 0.407. The molecule has 2 aromatic carbocycles. The lowest BCUT2D eigenvalue weighted by molar-refractivity contribution is -0.141. The maximum Gasteiger partial charge on any atom is 0.307 e. The summed E-state index contributed by atoms with van der Waals surface area (Å²) in [7, 11) is 0. The zero-order valence-electron chi connectivity index (χ0n) is 13.3. The second kappa shape index (κ2) is 6.68. The molecule has 1 atom stereocenters. The third-order valence-corrected chi connectivity index (χ3v) is 4.24. The van der Waals surface area contributed by atoms with E-state index in [0.717, 1.165) is 16.5 Å². The maximum absolute atomic E-state index is 12.4. The van der Waals surface area contributed by atoms with E-state index >= 15 is 0 Å². The first-order valence-corrected chi connectivity index (χ1v) is 7.79. The van der Waals surface area contributed by atoms with E-state index in [-0.39, 0.29) is 18.4 Å². The average molecular weight is 339 g/mol. The lowest BCUT2D eigenvalue weighted by atomic mass is 9.91. The molecule has 0 aliphatic carbocycles. The normalized spacial score (nSPS) is 12.2. The van der Waals surface area contributed by atoms with Crippen LogP contribution in [0.3, 0.4) is 0 Å². The van der Waals surface area contributed by atoms with Crippen LogP contribution >= 0.6 is 0 Å². The van der Waals surface area contributed by atoms with Crippen LogP contribution in [0.25, 0.3) is 10.9 Å². The number of carboxylic acids is 1. The number of fused-ring (bicyclic) bond motifs is 1. The molecule has 128 valence electrons. The van der Waals surface area contributed by atoms with Crippen LogP contribution in [-0.2, 0) is 11.2 Å². The van der Waals surface area contributed by atoms with E-state index in [0.29, 0.717) is 0 Å². The number of ketones is 1. The Labute approximate surface area is 143 Å². The molecular formula is C19H17NO5. The molecule has 0 fully saturated rings. The molecule has 6 heteroatoms. The Morgan fingerprint density at radius 3 is 2.56 bits per heavy atom. The van der Waals surface area contributed by atoms with Crippen LogP contribution in [0.1, 0.15) is 22.3 Å².